The van der Waals surface area contributed by atoms with E-state index in [4.69, 9.17) is 0 Å². The number of carboxylic acid groups (broad SMARTS) is 1. The van der Waals surface area contributed by atoms with Gasteiger partial charge in [-0.15, -0.1) is 0 Å². The minimum atomic E-state index is -0.864. The molecule has 1 N–H and O–H groups in total. The predicted molar refractivity (Wildman–Crippen MR) is 98.9 cm³/mol. The number of aromatic nitrogens is 1. The van der Waals surface area contributed by atoms with Crippen LogP contribution in [0.1, 0.15) is 41.5 Å². The van der Waals surface area contributed by atoms with E-state index in [2.05, 4.69) is 44.0 Å². The number of halogens is 1. The molecule has 0 bridgehead atoms. The van der Waals surface area contributed by atoms with Crippen molar-refractivity contribution in [3.8, 4) is 0 Å². The molecule has 0 amide bonds. The second-order valence-electron chi connectivity index (χ2n) is 6.47. The van der Waals surface area contributed by atoms with Gasteiger partial charge in [0.15, 0.2) is 0 Å². The minimum absolute atomic E-state index is 0.171. The highest BCUT2D eigenvalue weighted by Gasteiger charge is 2.26. The molecule has 3 rings (SSSR count). The van der Waals surface area contributed by atoms with Crippen molar-refractivity contribution in [3.63, 3.8) is 0 Å². The molecule has 0 aromatic carbocycles. The molecule has 130 valence electrons. The fourth-order valence-electron chi connectivity index (χ4n) is 3.72. The van der Waals surface area contributed by atoms with Crippen LogP contribution in [0, 0.1) is 6.92 Å². The zero-order valence-corrected chi connectivity index (χ0v) is 16.0. The Morgan fingerprint density at radius 3 is 2.54 bits per heavy atom. The summed E-state index contributed by atoms with van der Waals surface area (Å²) in [6.07, 6.45) is 2.03. The summed E-state index contributed by atoms with van der Waals surface area (Å²) in [7, 11) is 0. The van der Waals surface area contributed by atoms with Crippen molar-refractivity contribution in [1.82, 2.24) is 14.2 Å². The van der Waals surface area contributed by atoms with Gasteiger partial charge in [-0.2, -0.15) is 0 Å². The van der Waals surface area contributed by atoms with E-state index in [0.717, 1.165) is 54.0 Å². The molecule has 0 spiro atoms. The number of aromatic carboxylic acids is 1. The van der Waals surface area contributed by atoms with E-state index in [1.165, 1.54) is 0 Å². The number of pyridine rings is 1. The topological polar surface area (TPSA) is 48.2 Å². The number of hydrogen-bond acceptors (Lipinski definition) is 3. The Morgan fingerprint density at radius 2 is 1.96 bits per heavy atom. The van der Waals surface area contributed by atoms with Gasteiger partial charge in [0.25, 0.3) is 0 Å². The van der Waals surface area contributed by atoms with Gasteiger partial charge >= 0.3 is 5.97 Å². The fraction of sp³-hybridized carbons (Fsp3) is 0.500. The molecule has 3 heterocycles. The van der Waals surface area contributed by atoms with Crippen LogP contribution >= 0.6 is 15.9 Å². The van der Waals surface area contributed by atoms with Crippen LogP contribution in [0.3, 0.4) is 0 Å². The summed E-state index contributed by atoms with van der Waals surface area (Å²) in [5.74, 6) is -0.864. The highest BCUT2D eigenvalue weighted by Crippen LogP contribution is 2.30. The number of piperazine rings is 1. The van der Waals surface area contributed by atoms with E-state index in [1.807, 2.05) is 19.2 Å². The van der Waals surface area contributed by atoms with Gasteiger partial charge < -0.3 is 14.4 Å². The minimum Gasteiger partial charge on any atom is -0.478 e. The van der Waals surface area contributed by atoms with Crippen LogP contribution in [0.4, 0.5) is 0 Å². The molecule has 24 heavy (non-hydrogen) atoms. The smallest absolute Gasteiger partial charge is 0.336 e. The molecule has 1 fully saturated rings. The molecule has 0 radical (unpaired) electrons. The molecule has 0 saturated carbocycles. The first-order valence-electron chi connectivity index (χ1n) is 8.43. The van der Waals surface area contributed by atoms with Gasteiger partial charge in [-0.3, -0.25) is 4.90 Å². The Balaban J connectivity index is 2.04. The number of fused-ring (bicyclic) bond motifs is 1. The largest absolute Gasteiger partial charge is 0.478 e. The second-order valence-corrected chi connectivity index (χ2v) is 7.39. The van der Waals surface area contributed by atoms with Crippen LogP contribution < -0.4 is 0 Å². The van der Waals surface area contributed by atoms with Crippen LogP contribution in [-0.2, 0) is 0 Å². The summed E-state index contributed by atoms with van der Waals surface area (Å²) in [6, 6.07) is 3.90. The third-order valence-electron chi connectivity index (χ3n) is 5.18. The van der Waals surface area contributed by atoms with Crippen molar-refractivity contribution in [1.29, 1.82) is 0 Å². The van der Waals surface area contributed by atoms with Gasteiger partial charge in [-0.05, 0) is 54.0 Å². The summed E-state index contributed by atoms with van der Waals surface area (Å²) in [5, 5.41) is 9.57. The average Bonchev–Trinajstić information content (AvgIpc) is 2.93. The Kier molecular flexibility index (Phi) is 4.99. The number of nitrogens with zero attached hydrogens (tertiary/aromatic N) is 3. The molecular formula is C18H24BrN3O2. The van der Waals surface area contributed by atoms with Gasteiger partial charge in [0.05, 0.1) is 5.56 Å². The van der Waals surface area contributed by atoms with Gasteiger partial charge in [-0.25, -0.2) is 4.79 Å². The summed E-state index contributed by atoms with van der Waals surface area (Å²) in [5.41, 5.74) is 3.23. The SMILES string of the molecule is CCN1CCN(C(C)c2c(C)c(C(=O)O)cc3cc(Br)cn23)CC1. The highest BCUT2D eigenvalue weighted by atomic mass is 79.9. The molecule has 5 nitrogen and oxygen atoms in total. The van der Waals surface area contributed by atoms with Gasteiger partial charge in [-0.1, -0.05) is 6.92 Å². The van der Waals surface area contributed by atoms with Crippen LogP contribution in [0.15, 0.2) is 22.8 Å². The zero-order chi connectivity index (χ0) is 17.4. The molecule has 1 saturated heterocycles. The molecule has 1 aliphatic heterocycles. The molecule has 0 aliphatic carbocycles. The van der Waals surface area contributed by atoms with Crippen molar-refractivity contribution < 1.29 is 9.90 Å². The average molecular weight is 394 g/mol. The second kappa shape index (κ2) is 6.86. The van der Waals surface area contributed by atoms with E-state index >= 15 is 0 Å². The van der Waals surface area contributed by atoms with E-state index in [9.17, 15) is 9.90 Å². The van der Waals surface area contributed by atoms with Crippen LogP contribution in [-0.4, -0.2) is 58.0 Å². The lowest BCUT2D eigenvalue weighted by Gasteiger charge is -2.38. The first-order chi connectivity index (χ1) is 11.4. The third kappa shape index (κ3) is 3.10. The number of hydrogen-bond donors (Lipinski definition) is 1. The van der Waals surface area contributed by atoms with Crippen LogP contribution in [0.25, 0.3) is 5.52 Å². The van der Waals surface area contributed by atoms with E-state index in [-0.39, 0.29) is 6.04 Å². The maximum absolute atomic E-state index is 11.7. The van der Waals surface area contributed by atoms with Crippen molar-refractivity contribution in [2.75, 3.05) is 32.7 Å². The maximum Gasteiger partial charge on any atom is 0.336 e. The van der Waals surface area contributed by atoms with Crippen molar-refractivity contribution in [2.24, 2.45) is 0 Å². The van der Waals surface area contributed by atoms with E-state index in [1.54, 1.807) is 6.07 Å². The monoisotopic (exact) mass is 393 g/mol. The number of likely N-dealkylation sites (N-methyl/N-ethyl adjacent to an activating group) is 1. The summed E-state index contributed by atoms with van der Waals surface area (Å²) < 4.78 is 3.09. The lowest BCUT2D eigenvalue weighted by molar-refractivity contribution is 0.0695. The summed E-state index contributed by atoms with van der Waals surface area (Å²) >= 11 is 3.52. The molecule has 1 unspecified atom stereocenters. The van der Waals surface area contributed by atoms with Crippen molar-refractivity contribution in [3.05, 3.63) is 39.6 Å². The predicted octanol–water partition coefficient (Wildman–Crippen LogP) is 3.41. The Bertz CT molecular complexity index is 763. The molecule has 2 aromatic heterocycles. The Labute approximate surface area is 151 Å². The molecule has 1 aliphatic rings. The molecule has 2 aromatic rings. The lowest BCUT2D eigenvalue weighted by Crippen LogP contribution is -2.47. The number of carboxylic acids is 1. The molecule has 6 heteroatoms. The van der Waals surface area contributed by atoms with E-state index < -0.39 is 5.97 Å². The highest BCUT2D eigenvalue weighted by molar-refractivity contribution is 9.10. The molecular weight excluding hydrogens is 370 g/mol. The summed E-state index contributed by atoms with van der Waals surface area (Å²) in [6.45, 7) is 11.5. The Hall–Kier alpha value is -1.37. The van der Waals surface area contributed by atoms with Crippen molar-refractivity contribution >= 4 is 27.4 Å². The van der Waals surface area contributed by atoms with Gasteiger partial charge in [0.1, 0.15) is 0 Å². The van der Waals surface area contributed by atoms with Crippen LogP contribution in [0.5, 0.6) is 0 Å². The first-order valence-corrected chi connectivity index (χ1v) is 9.22. The number of carbonyl (C=O) groups is 1. The fourth-order valence-corrected chi connectivity index (χ4v) is 4.16. The summed E-state index contributed by atoms with van der Waals surface area (Å²) in [4.78, 5) is 16.6. The normalized spacial score (nSPS) is 18.2. The lowest BCUT2D eigenvalue weighted by atomic mass is 10.0. The van der Waals surface area contributed by atoms with E-state index in [0.29, 0.717) is 5.56 Å². The quantitative estimate of drug-likeness (QED) is 0.864. The maximum atomic E-state index is 11.7. The molecule has 1 atom stereocenters. The first kappa shape index (κ1) is 17.5. The Morgan fingerprint density at radius 1 is 1.29 bits per heavy atom. The number of rotatable bonds is 4. The standard InChI is InChI=1S/C18H24BrN3O2/c1-4-20-5-7-21(8-6-20)13(3)17-12(2)16(18(23)24)10-15-9-14(19)11-22(15)17/h9-11,13H,4-8H2,1-3H3,(H,23,24). The van der Waals surface area contributed by atoms with Gasteiger partial charge in [0, 0.05) is 54.1 Å². The zero-order valence-electron chi connectivity index (χ0n) is 14.4. The van der Waals surface area contributed by atoms with Crippen LogP contribution in [0.2, 0.25) is 0 Å². The van der Waals surface area contributed by atoms with Crippen molar-refractivity contribution in [2.45, 2.75) is 26.8 Å². The van der Waals surface area contributed by atoms with Gasteiger partial charge in [0.2, 0.25) is 0 Å². The third-order valence-corrected chi connectivity index (χ3v) is 5.62.